The number of benzene rings is 2. The molecule has 3 aliphatic heterocycles. The largest absolute Gasteiger partial charge is 0.465 e. The number of ether oxygens (including phenoxy) is 2. The summed E-state index contributed by atoms with van der Waals surface area (Å²) in [6, 6.07) is 14.1. The Balaban J connectivity index is 1.62. The van der Waals surface area contributed by atoms with Crippen molar-refractivity contribution in [2.75, 3.05) is 24.7 Å². The van der Waals surface area contributed by atoms with Crippen LogP contribution in [0.2, 0.25) is 5.02 Å². The van der Waals surface area contributed by atoms with Crippen molar-refractivity contribution >= 4 is 35.1 Å². The topological polar surface area (TPSA) is 96.4 Å². The number of likely N-dealkylation sites (tertiary alicyclic amines) is 1. The van der Waals surface area contributed by atoms with E-state index in [0.29, 0.717) is 29.1 Å². The molecular weight excluding hydrogens is 580 g/mol. The number of halogens is 1. The second kappa shape index (κ2) is 12.9. The number of para-hydroxylation sites is 1. The highest BCUT2D eigenvalue weighted by Gasteiger charge is 2.81. The number of amides is 2. The van der Waals surface area contributed by atoms with Crippen LogP contribution in [0.25, 0.3) is 0 Å². The van der Waals surface area contributed by atoms with Crippen LogP contribution >= 0.6 is 11.6 Å². The molecule has 9 heteroatoms. The third-order valence-electron chi connectivity index (χ3n) is 9.70. The summed E-state index contributed by atoms with van der Waals surface area (Å²) < 4.78 is 12.6. The molecule has 0 radical (unpaired) electrons. The second-order valence-electron chi connectivity index (χ2n) is 12.2. The molecule has 1 spiro atoms. The Labute approximate surface area is 264 Å². The highest BCUT2D eigenvalue weighted by Crippen LogP contribution is 2.66. The number of unbranched alkanes of at least 4 members (excludes halogenated alkanes) is 2. The number of rotatable bonds is 13. The first-order valence-electron chi connectivity index (χ1n) is 15.3. The van der Waals surface area contributed by atoms with Crippen molar-refractivity contribution in [1.82, 2.24) is 4.90 Å². The van der Waals surface area contributed by atoms with E-state index in [9.17, 15) is 19.5 Å². The number of esters is 1. The molecule has 2 amide bonds. The molecule has 3 saturated heterocycles. The van der Waals surface area contributed by atoms with Gasteiger partial charge in [-0.05, 0) is 56.2 Å². The van der Waals surface area contributed by atoms with Gasteiger partial charge in [0, 0.05) is 6.54 Å². The number of hydrogen-bond donors (Lipinski definition) is 1. The molecule has 3 aliphatic rings. The zero-order chi connectivity index (χ0) is 31.6. The Morgan fingerprint density at radius 2 is 1.86 bits per heavy atom. The van der Waals surface area contributed by atoms with E-state index in [-0.39, 0.29) is 19.1 Å². The maximum atomic E-state index is 14.9. The Morgan fingerprint density at radius 1 is 1.16 bits per heavy atom. The summed E-state index contributed by atoms with van der Waals surface area (Å²) >= 11 is 6.59. The first kappa shape index (κ1) is 31.9. The van der Waals surface area contributed by atoms with Gasteiger partial charge in [0.2, 0.25) is 5.91 Å². The number of allylic oxidation sites excluding steroid dienone is 1. The van der Waals surface area contributed by atoms with E-state index in [1.165, 1.54) is 9.80 Å². The van der Waals surface area contributed by atoms with Crippen molar-refractivity contribution in [1.29, 1.82) is 0 Å². The van der Waals surface area contributed by atoms with Crippen LogP contribution in [-0.4, -0.2) is 64.8 Å². The van der Waals surface area contributed by atoms with Crippen LogP contribution in [0.1, 0.15) is 51.1 Å². The maximum absolute atomic E-state index is 14.9. The maximum Gasteiger partial charge on any atom is 0.312 e. The Morgan fingerprint density at radius 3 is 2.52 bits per heavy atom. The molecule has 3 heterocycles. The van der Waals surface area contributed by atoms with Gasteiger partial charge in [-0.2, -0.15) is 0 Å². The van der Waals surface area contributed by atoms with Gasteiger partial charge < -0.3 is 24.4 Å². The lowest BCUT2D eigenvalue weighted by atomic mass is 9.62. The molecule has 3 unspecified atom stereocenters. The van der Waals surface area contributed by atoms with Crippen LogP contribution in [-0.2, 0) is 23.9 Å². The summed E-state index contributed by atoms with van der Waals surface area (Å²) in [6.45, 7) is 11.3. The Hall–Kier alpha value is -3.46. The standard InChI is InChI=1S/C35H41ClN2O6/c1-5-7-8-14-20-43-33(42)29-28-31(40)38(27(22-39)24-15-10-9-11-16-24)30(35(28)21-23(3)34(29,4)44-35)32(41)37(19-6-2)26-18-13-12-17-25(26)36/h5-6,9-13,15-18,23,27-30,39H,1-2,7-8,14,19-22H2,3-4H3/t23?,27-,28+,29+,30?,34-,35?/m1/s1. The van der Waals surface area contributed by atoms with Gasteiger partial charge >= 0.3 is 5.97 Å². The number of nitrogens with zero attached hydrogens (tertiary/aromatic N) is 2. The third kappa shape index (κ3) is 5.17. The SMILES string of the molecule is C=CCCCCOC(=O)[C@@H]1[C@H]2C(=O)N([C@H](CO)c3ccccc3)C(C(=O)N(CC=C)c3ccccc3Cl)C23CC(C)[C@@]1(C)O3. The molecule has 234 valence electrons. The van der Waals surface area contributed by atoms with Gasteiger partial charge in [0.15, 0.2) is 0 Å². The molecular formula is C35H41ClN2O6. The van der Waals surface area contributed by atoms with Crippen molar-refractivity contribution in [3.8, 4) is 0 Å². The van der Waals surface area contributed by atoms with E-state index in [1.807, 2.05) is 50.3 Å². The molecule has 2 aromatic carbocycles. The third-order valence-corrected chi connectivity index (χ3v) is 10.0. The molecule has 7 atom stereocenters. The van der Waals surface area contributed by atoms with Crippen molar-refractivity contribution < 1.29 is 29.0 Å². The van der Waals surface area contributed by atoms with Crippen LogP contribution in [0.3, 0.4) is 0 Å². The zero-order valence-corrected chi connectivity index (χ0v) is 26.1. The van der Waals surface area contributed by atoms with Gasteiger partial charge in [-0.25, -0.2) is 0 Å². The number of fused-ring (bicyclic) bond motifs is 1. The summed E-state index contributed by atoms with van der Waals surface area (Å²) in [4.78, 5) is 46.4. The molecule has 0 aromatic heterocycles. The van der Waals surface area contributed by atoms with Crippen LogP contribution in [0.15, 0.2) is 79.9 Å². The van der Waals surface area contributed by atoms with Gasteiger partial charge in [-0.1, -0.05) is 73.1 Å². The fraction of sp³-hybridized carbons (Fsp3) is 0.457. The van der Waals surface area contributed by atoms with Crippen LogP contribution in [0.4, 0.5) is 5.69 Å². The minimum absolute atomic E-state index is 0.125. The minimum Gasteiger partial charge on any atom is -0.465 e. The molecule has 1 N–H and O–H groups in total. The zero-order valence-electron chi connectivity index (χ0n) is 25.4. The van der Waals surface area contributed by atoms with E-state index < -0.39 is 59.5 Å². The normalized spacial score (nSPS) is 29.3. The predicted molar refractivity (Wildman–Crippen MR) is 169 cm³/mol. The Kier molecular flexibility index (Phi) is 9.35. The van der Waals surface area contributed by atoms with E-state index >= 15 is 0 Å². The number of carbonyl (C=O) groups is 3. The first-order chi connectivity index (χ1) is 21.2. The number of hydrogen-bond acceptors (Lipinski definition) is 6. The first-order valence-corrected chi connectivity index (χ1v) is 15.7. The van der Waals surface area contributed by atoms with Crippen LogP contribution in [0.5, 0.6) is 0 Å². The Bertz CT molecular complexity index is 1420. The van der Waals surface area contributed by atoms with E-state index in [4.69, 9.17) is 21.1 Å². The molecule has 2 aromatic rings. The highest BCUT2D eigenvalue weighted by molar-refractivity contribution is 6.34. The molecule has 2 bridgehead atoms. The van der Waals surface area contributed by atoms with Gasteiger partial charge in [0.1, 0.15) is 17.6 Å². The summed E-state index contributed by atoms with van der Waals surface area (Å²) in [6.07, 6.45) is 6.12. The van der Waals surface area contributed by atoms with Crippen molar-refractivity contribution in [2.45, 2.75) is 62.8 Å². The monoisotopic (exact) mass is 620 g/mol. The molecule has 44 heavy (non-hydrogen) atoms. The fourth-order valence-corrected chi connectivity index (χ4v) is 7.82. The molecule has 5 rings (SSSR count). The molecule has 0 saturated carbocycles. The lowest BCUT2D eigenvalue weighted by Gasteiger charge is -2.39. The lowest BCUT2D eigenvalue weighted by molar-refractivity contribution is -0.162. The van der Waals surface area contributed by atoms with Gasteiger partial charge in [0.25, 0.3) is 5.91 Å². The van der Waals surface area contributed by atoms with Crippen LogP contribution < -0.4 is 4.90 Å². The van der Waals surface area contributed by atoms with Gasteiger partial charge in [0.05, 0.1) is 41.5 Å². The average Bonchev–Trinajstić information content (AvgIpc) is 3.53. The summed E-state index contributed by atoms with van der Waals surface area (Å²) in [5.74, 6) is -3.36. The second-order valence-corrected chi connectivity index (χ2v) is 12.6. The smallest absolute Gasteiger partial charge is 0.312 e. The van der Waals surface area contributed by atoms with Crippen molar-refractivity contribution in [2.24, 2.45) is 17.8 Å². The van der Waals surface area contributed by atoms with Crippen molar-refractivity contribution in [3.05, 3.63) is 90.5 Å². The van der Waals surface area contributed by atoms with E-state index in [1.54, 1.807) is 30.3 Å². The van der Waals surface area contributed by atoms with E-state index in [2.05, 4.69) is 13.2 Å². The van der Waals surface area contributed by atoms with Crippen LogP contribution in [0, 0.1) is 17.8 Å². The summed E-state index contributed by atoms with van der Waals surface area (Å²) in [5.41, 5.74) is -1.20. The van der Waals surface area contributed by atoms with Crippen molar-refractivity contribution in [3.63, 3.8) is 0 Å². The highest BCUT2D eigenvalue weighted by atomic mass is 35.5. The number of aliphatic hydroxyl groups is 1. The molecule has 0 aliphatic carbocycles. The number of aliphatic hydroxyl groups excluding tert-OH is 1. The average molecular weight is 621 g/mol. The number of anilines is 1. The fourth-order valence-electron chi connectivity index (χ4n) is 7.59. The number of carbonyl (C=O) groups excluding carboxylic acids is 3. The molecule has 8 nitrogen and oxygen atoms in total. The quantitative estimate of drug-likeness (QED) is 0.180. The molecule has 3 fully saturated rings. The summed E-state index contributed by atoms with van der Waals surface area (Å²) in [5, 5.41) is 11.1. The van der Waals surface area contributed by atoms with Gasteiger partial charge in [-0.3, -0.25) is 14.4 Å². The lowest BCUT2D eigenvalue weighted by Crippen LogP contribution is -2.57. The predicted octanol–water partition coefficient (Wildman–Crippen LogP) is 5.50. The minimum atomic E-state index is -1.32. The van der Waals surface area contributed by atoms with E-state index in [0.717, 1.165) is 12.8 Å². The summed E-state index contributed by atoms with van der Waals surface area (Å²) in [7, 11) is 0. The van der Waals surface area contributed by atoms with Gasteiger partial charge in [-0.15, -0.1) is 13.2 Å².